The molecule has 2 rings (SSSR count). The molecule has 110 valence electrons. The molecular formula is C13H18ClN3O3. The summed E-state index contributed by atoms with van der Waals surface area (Å²) in [5, 5.41) is 14.1. The number of aryl methyl sites for hydroxylation is 1. The molecule has 1 aliphatic heterocycles. The van der Waals surface area contributed by atoms with Crippen molar-refractivity contribution in [2.75, 3.05) is 19.6 Å². The van der Waals surface area contributed by atoms with Gasteiger partial charge < -0.3 is 10.2 Å². The van der Waals surface area contributed by atoms with E-state index < -0.39 is 4.92 Å². The van der Waals surface area contributed by atoms with Gasteiger partial charge in [0.2, 0.25) is 0 Å². The minimum Gasteiger partial charge on any atom is -0.333 e. The highest BCUT2D eigenvalue weighted by Crippen LogP contribution is 2.21. The molecule has 0 spiro atoms. The number of piperazine rings is 1. The quantitative estimate of drug-likeness (QED) is 0.667. The number of nitro benzene ring substituents is 1. The second-order valence-electron chi connectivity index (χ2n) is 4.81. The Kier molecular flexibility index (Phi) is 5.47. The number of carbonyl (C=O) groups excluding carboxylic acids is 1. The molecule has 0 unspecified atom stereocenters. The van der Waals surface area contributed by atoms with Crippen LogP contribution in [-0.4, -0.2) is 41.4 Å². The average Bonchev–Trinajstić information content (AvgIpc) is 2.38. The summed E-state index contributed by atoms with van der Waals surface area (Å²) >= 11 is 0. The van der Waals surface area contributed by atoms with Gasteiger partial charge in [0.15, 0.2) is 0 Å². The molecule has 1 aromatic rings. The summed E-state index contributed by atoms with van der Waals surface area (Å²) in [6.07, 6.45) is 0. The lowest BCUT2D eigenvalue weighted by Gasteiger charge is -2.34. The summed E-state index contributed by atoms with van der Waals surface area (Å²) < 4.78 is 0. The third-order valence-corrected chi connectivity index (χ3v) is 3.41. The molecule has 1 saturated heterocycles. The van der Waals surface area contributed by atoms with E-state index in [1.807, 2.05) is 6.92 Å². The molecule has 1 amide bonds. The minimum absolute atomic E-state index is 0. The number of nitrogens with zero attached hydrogens (tertiary/aromatic N) is 2. The maximum Gasteiger partial charge on any atom is 0.273 e. The van der Waals surface area contributed by atoms with Crippen molar-refractivity contribution in [3.8, 4) is 0 Å². The minimum atomic E-state index is -0.451. The number of amides is 1. The predicted molar refractivity (Wildman–Crippen MR) is 78.4 cm³/mol. The van der Waals surface area contributed by atoms with Gasteiger partial charge in [0.25, 0.3) is 11.6 Å². The zero-order valence-electron chi connectivity index (χ0n) is 11.5. The summed E-state index contributed by atoms with van der Waals surface area (Å²) in [5.41, 5.74) is 0.939. The van der Waals surface area contributed by atoms with Crippen LogP contribution in [0.4, 0.5) is 5.69 Å². The Labute approximate surface area is 123 Å². The molecule has 0 bridgehead atoms. The van der Waals surface area contributed by atoms with Crippen LogP contribution in [0, 0.1) is 17.0 Å². The molecule has 1 fully saturated rings. The van der Waals surface area contributed by atoms with Gasteiger partial charge >= 0.3 is 0 Å². The smallest absolute Gasteiger partial charge is 0.273 e. The molecule has 0 radical (unpaired) electrons. The van der Waals surface area contributed by atoms with E-state index in [0.717, 1.165) is 13.1 Å². The molecule has 0 saturated carbocycles. The second-order valence-corrected chi connectivity index (χ2v) is 4.81. The molecule has 1 atom stereocenters. The van der Waals surface area contributed by atoms with Crippen LogP contribution in [0.25, 0.3) is 0 Å². The number of hydrogen-bond donors (Lipinski definition) is 1. The van der Waals surface area contributed by atoms with E-state index in [2.05, 4.69) is 5.32 Å². The zero-order valence-corrected chi connectivity index (χ0v) is 12.3. The Bertz CT molecular complexity index is 522. The van der Waals surface area contributed by atoms with E-state index in [-0.39, 0.29) is 30.0 Å². The molecular weight excluding hydrogens is 282 g/mol. The van der Waals surface area contributed by atoms with E-state index in [0.29, 0.717) is 17.7 Å². The average molecular weight is 300 g/mol. The van der Waals surface area contributed by atoms with Gasteiger partial charge in [0.1, 0.15) is 0 Å². The van der Waals surface area contributed by atoms with Crippen LogP contribution in [0.3, 0.4) is 0 Å². The normalized spacial score (nSPS) is 18.3. The fraction of sp³-hybridized carbons (Fsp3) is 0.462. The van der Waals surface area contributed by atoms with Crippen molar-refractivity contribution < 1.29 is 9.72 Å². The van der Waals surface area contributed by atoms with E-state index in [9.17, 15) is 14.9 Å². The molecule has 0 aliphatic carbocycles. The predicted octanol–water partition coefficient (Wildman–Crippen LogP) is 1.76. The van der Waals surface area contributed by atoms with Gasteiger partial charge in [-0.05, 0) is 19.9 Å². The summed E-state index contributed by atoms with van der Waals surface area (Å²) in [6, 6.07) is 4.74. The largest absolute Gasteiger partial charge is 0.333 e. The van der Waals surface area contributed by atoms with Crippen molar-refractivity contribution >= 4 is 24.0 Å². The van der Waals surface area contributed by atoms with E-state index >= 15 is 0 Å². The van der Waals surface area contributed by atoms with Crippen molar-refractivity contribution in [1.82, 2.24) is 10.2 Å². The Hall–Kier alpha value is -1.66. The molecule has 0 aromatic heterocycles. The molecule has 7 heteroatoms. The van der Waals surface area contributed by atoms with Crippen molar-refractivity contribution in [2.24, 2.45) is 0 Å². The van der Waals surface area contributed by atoms with E-state index in [1.54, 1.807) is 24.0 Å². The van der Waals surface area contributed by atoms with Crippen LogP contribution in [0.1, 0.15) is 22.8 Å². The Balaban J connectivity index is 0.00000200. The van der Waals surface area contributed by atoms with Crippen LogP contribution in [0.5, 0.6) is 0 Å². The summed E-state index contributed by atoms with van der Waals surface area (Å²) in [5.74, 6) is -0.142. The standard InChI is InChI=1S/C13H17N3O3.ClH/c1-9-3-4-11(7-12(9)16(18)19)13(17)15-6-5-14-8-10(15)2;/h3-4,7,10,14H,5-6,8H2,1-2H3;1H/t10-;/m1./s1. The first-order valence-corrected chi connectivity index (χ1v) is 6.27. The van der Waals surface area contributed by atoms with E-state index in [4.69, 9.17) is 0 Å². The summed E-state index contributed by atoms with van der Waals surface area (Å²) in [7, 11) is 0. The first-order chi connectivity index (χ1) is 9.00. The second kappa shape index (κ2) is 6.67. The van der Waals surface area contributed by atoms with Gasteiger partial charge in [-0.2, -0.15) is 0 Å². The van der Waals surface area contributed by atoms with Crippen molar-refractivity contribution in [1.29, 1.82) is 0 Å². The molecule has 1 heterocycles. The lowest BCUT2D eigenvalue weighted by molar-refractivity contribution is -0.385. The van der Waals surface area contributed by atoms with Crippen molar-refractivity contribution in [2.45, 2.75) is 19.9 Å². The first-order valence-electron chi connectivity index (χ1n) is 6.27. The molecule has 20 heavy (non-hydrogen) atoms. The zero-order chi connectivity index (χ0) is 14.0. The maximum absolute atomic E-state index is 12.4. The highest BCUT2D eigenvalue weighted by atomic mass is 35.5. The number of nitrogens with one attached hydrogen (secondary N) is 1. The van der Waals surface area contributed by atoms with Gasteiger partial charge in [-0.25, -0.2) is 0 Å². The monoisotopic (exact) mass is 299 g/mol. The Morgan fingerprint density at radius 1 is 1.50 bits per heavy atom. The maximum atomic E-state index is 12.4. The van der Waals surface area contributed by atoms with Gasteiger partial charge in [0.05, 0.1) is 4.92 Å². The van der Waals surface area contributed by atoms with Crippen molar-refractivity contribution in [3.05, 3.63) is 39.4 Å². The lowest BCUT2D eigenvalue weighted by Crippen LogP contribution is -2.52. The molecule has 1 aliphatic rings. The van der Waals surface area contributed by atoms with Gasteiger partial charge in [0, 0.05) is 42.9 Å². The molecule has 1 aromatic carbocycles. The first kappa shape index (κ1) is 16.4. The number of hydrogen-bond acceptors (Lipinski definition) is 4. The van der Waals surface area contributed by atoms with Crippen LogP contribution >= 0.6 is 12.4 Å². The molecule has 6 nitrogen and oxygen atoms in total. The third-order valence-electron chi connectivity index (χ3n) is 3.41. The summed E-state index contributed by atoms with van der Waals surface area (Å²) in [6.45, 7) is 5.76. The number of carbonyl (C=O) groups is 1. The van der Waals surface area contributed by atoms with Crippen molar-refractivity contribution in [3.63, 3.8) is 0 Å². The van der Waals surface area contributed by atoms with Crippen LogP contribution in [0.2, 0.25) is 0 Å². The van der Waals surface area contributed by atoms with E-state index in [1.165, 1.54) is 6.07 Å². The number of rotatable bonds is 2. The summed E-state index contributed by atoms with van der Waals surface area (Å²) in [4.78, 5) is 24.6. The highest BCUT2D eigenvalue weighted by Gasteiger charge is 2.25. The SMILES string of the molecule is Cc1ccc(C(=O)N2CCNC[C@H]2C)cc1[N+](=O)[O-].Cl. The van der Waals surface area contributed by atoms with Gasteiger partial charge in [-0.15, -0.1) is 12.4 Å². The van der Waals surface area contributed by atoms with Gasteiger partial charge in [-0.3, -0.25) is 14.9 Å². The van der Waals surface area contributed by atoms with Crippen LogP contribution in [0.15, 0.2) is 18.2 Å². The highest BCUT2D eigenvalue weighted by molar-refractivity contribution is 5.95. The fourth-order valence-corrected chi connectivity index (χ4v) is 2.25. The topological polar surface area (TPSA) is 75.5 Å². The molecule has 1 N–H and O–H groups in total. The van der Waals surface area contributed by atoms with Gasteiger partial charge in [-0.1, -0.05) is 6.07 Å². The number of nitro groups is 1. The Morgan fingerprint density at radius 3 is 2.80 bits per heavy atom. The van der Waals surface area contributed by atoms with Crippen LogP contribution in [-0.2, 0) is 0 Å². The number of halogens is 1. The Morgan fingerprint density at radius 2 is 2.20 bits per heavy atom. The third kappa shape index (κ3) is 3.26. The number of benzene rings is 1. The fourth-order valence-electron chi connectivity index (χ4n) is 2.25. The van der Waals surface area contributed by atoms with Crippen LogP contribution < -0.4 is 5.32 Å². The lowest BCUT2D eigenvalue weighted by atomic mass is 10.1.